The van der Waals surface area contributed by atoms with Crippen LogP contribution in [0.1, 0.15) is 35.2 Å². The average Bonchev–Trinajstić information content (AvgIpc) is 2.93. The van der Waals surface area contributed by atoms with Crippen LogP contribution < -0.4 is 10.1 Å². The molecule has 2 aromatic carbocycles. The maximum Gasteiger partial charge on any atom is 0.416 e. The monoisotopic (exact) mass is 390 g/mol. The van der Waals surface area contributed by atoms with Gasteiger partial charge < -0.3 is 15.0 Å². The molecule has 148 valence electrons. The molecule has 2 aliphatic rings. The third-order valence-corrected chi connectivity index (χ3v) is 5.37. The minimum absolute atomic E-state index is 0.0503. The summed E-state index contributed by atoms with van der Waals surface area (Å²) < 4.78 is 44.3. The van der Waals surface area contributed by atoms with Gasteiger partial charge in [-0.25, -0.2) is 0 Å². The molecule has 2 aromatic rings. The number of carbonyl (C=O) groups is 1. The van der Waals surface area contributed by atoms with E-state index in [1.807, 2.05) is 4.90 Å². The van der Waals surface area contributed by atoms with Crippen LogP contribution in [-0.4, -0.2) is 36.0 Å². The van der Waals surface area contributed by atoms with Gasteiger partial charge in [-0.1, -0.05) is 12.1 Å². The number of halogens is 3. The number of nitrogens with one attached hydrogen (secondary N) is 1. The summed E-state index contributed by atoms with van der Waals surface area (Å²) in [6, 6.07) is 11.8. The topological polar surface area (TPSA) is 41.6 Å². The van der Waals surface area contributed by atoms with Crippen molar-refractivity contribution in [1.29, 1.82) is 0 Å². The van der Waals surface area contributed by atoms with Gasteiger partial charge in [0.15, 0.2) is 0 Å². The van der Waals surface area contributed by atoms with E-state index in [9.17, 15) is 18.0 Å². The number of fused-ring (bicyclic) bond motifs is 2. The molecule has 2 unspecified atom stereocenters. The van der Waals surface area contributed by atoms with Crippen LogP contribution in [0.5, 0.6) is 11.5 Å². The lowest BCUT2D eigenvalue weighted by Gasteiger charge is -2.28. The first-order chi connectivity index (χ1) is 13.4. The van der Waals surface area contributed by atoms with Crippen molar-refractivity contribution in [1.82, 2.24) is 10.2 Å². The van der Waals surface area contributed by atoms with Gasteiger partial charge >= 0.3 is 6.18 Å². The largest absolute Gasteiger partial charge is 0.457 e. The summed E-state index contributed by atoms with van der Waals surface area (Å²) in [7, 11) is 0. The number of nitrogens with zero attached hydrogens (tertiary/aromatic N) is 1. The van der Waals surface area contributed by atoms with Gasteiger partial charge in [0.2, 0.25) is 0 Å². The minimum atomic E-state index is -4.43. The Labute approximate surface area is 161 Å². The molecule has 0 radical (unpaired) electrons. The second-order valence-corrected chi connectivity index (χ2v) is 7.25. The van der Waals surface area contributed by atoms with Crippen molar-refractivity contribution in [2.24, 2.45) is 0 Å². The molecule has 2 saturated heterocycles. The number of ether oxygens (including phenoxy) is 1. The summed E-state index contributed by atoms with van der Waals surface area (Å²) in [5, 5.41) is 3.37. The van der Waals surface area contributed by atoms with Crippen molar-refractivity contribution >= 4 is 5.91 Å². The number of rotatable bonds is 3. The molecular weight excluding hydrogens is 369 g/mol. The third kappa shape index (κ3) is 3.85. The second kappa shape index (κ2) is 7.47. The van der Waals surface area contributed by atoms with Gasteiger partial charge in [0.25, 0.3) is 5.91 Å². The fourth-order valence-electron chi connectivity index (χ4n) is 4.03. The van der Waals surface area contributed by atoms with Crippen molar-refractivity contribution in [2.45, 2.75) is 37.5 Å². The Balaban J connectivity index is 1.54. The van der Waals surface area contributed by atoms with Crippen LogP contribution in [0.2, 0.25) is 0 Å². The quantitative estimate of drug-likeness (QED) is 0.841. The van der Waals surface area contributed by atoms with Crippen molar-refractivity contribution in [3.8, 4) is 11.5 Å². The van der Waals surface area contributed by atoms with Gasteiger partial charge in [0.1, 0.15) is 11.5 Å². The Morgan fingerprint density at radius 3 is 2.50 bits per heavy atom. The molecule has 0 spiro atoms. The number of carbonyl (C=O) groups excluding carboxylic acids is 1. The summed E-state index contributed by atoms with van der Waals surface area (Å²) in [6.07, 6.45) is -1.50. The highest BCUT2D eigenvalue weighted by Gasteiger charge is 2.38. The van der Waals surface area contributed by atoms with Gasteiger partial charge in [-0.3, -0.25) is 4.79 Å². The van der Waals surface area contributed by atoms with Gasteiger partial charge in [-0.15, -0.1) is 0 Å². The Morgan fingerprint density at radius 2 is 1.71 bits per heavy atom. The fourth-order valence-corrected chi connectivity index (χ4v) is 4.03. The van der Waals surface area contributed by atoms with Crippen LogP contribution in [0.4, 0.5) is 13.2 Å². The van der Waals surface area contributed by atoms with Crippen LogP contribution in [0.3, 0.4) is 0 Å². The number of benzene rings is 2. The molecule has 2 fully saturated rings. The van der Waals surface area contributed by atoms with E-state index in [0.29, 0.717) is 11.3 Å². The van der Waals surface area contributed by atoms with E-state index in [-0.39, 0.29) is 23.7 Å². The lowest BCUT2D eigenvalue weighted by molar-refractivity contribution is -0.137. The van der Waals surface area contributed by atoms with E-state index in [1.165, 1.54) is 12.1 Å². The number of amides is 1. The molecule has 28 heavy (non-hydrogen) atoms. The highest BCUT2D eigenvalue weighted by Crippen LogP contribution is 2.34. The molecule has 7 heteroatoms. The van der Waals surface area contributed by atoms with E-state index in [1.54, 1.807) is 24.3 Å². The van der Waals surface area contributed by atoms with Gasteiger partial charge in [0.05, 0.1) is 5.56 Å². The summed E-state index contributed by atoms with van der Waals surface area (Å²) >= 11 is 0. The van der Waals surface area contributed by atoms with E-state index >= 15 is 0 Å². The predicted molar refractivity (Wildman–Crippen MR) is 98.4 cm³/mol. The highest BCUT2D eigenvalue weighted by molar-refractivity contribution is 5.95. The minimum Gasteiger partial charge on any atom is -0.457 e. The predicted octanol–water partition coefficient (Wildman–Crippen LogP) is 4.46. The van der Waals surface area contributed by atoms with Gasteiger partial charge in [-0.2, -0.15) is 13.2 Å². The summed E-state index contributed by atoms with van der Waals surface area (Å²) in [4.78, 5) is 15.1. The summed E-state index contributed by atoms with van der Waals surface area (Å²) in [5.74, 6) is 0.370. The normalized spacial score (nSPS) is 22.0. The van der Waals surface area contributed by atoms with Crippen LogP contribution in [0.25, 0.3) is 0 Å². The van der Waals surface area contributed by atoms with E-state index < -0.39 is 11.7 Å². The molecule has 1 amide bonds. The maximum absolute atomic E-state index is 13.1. The first-order valence-corrected chi connectivity index (χ1v) is 9.40. The SMILES string of the molecule is O=C(c1cccc(Oc2cccc(C(F)(F)F)c2)c1)N1C2CCNCC1CC2. The molecule has 2 bridgehead atoms. The molecule has 2 aliphatic heterocycles. The number of alkyl halides is 3. The van der Waals surface area contributed by atoms with Gasteiger partial charge in [-0.05, 0) is 62.2 Å². The molecule has 0 aromatic heterocycles. The lowest BCUT2D eigenvalue weighted by Crippen LogP contribution is -2.42. The van der Waals surface area contributed by atoms with Gasteiger partial charge in [0, 0.05) is 24.2 Å². The smallest absolute Gasteiger partial charge is 0.416 e. The Kier molecular flexibility index (Phi) is 5.02. The van der Waals surface area contributed by atoms with E-state index in [0.717, 1.165) is 44.5 Å². The second-order valence-electron chi connectivity index (χ2n) is 7.25. The lowest BCUT2D eigenvalue weighted by atomic mass is 10.1. The molecule has 0 saturated carbocycles. The third-order valence-electron chi connectivity index (χ3n) is 5.37. The molecule has 4 rings (SSSR count). The zero-order valence-electron chi connectivity index (χ0n) is 15.2. The standard InChI is InChI=1S/C21H21F3N2O2/c22-21(23,24)15-4-2-6-19(12-15)28-18-5-1-3-14(11-18)20(27)26-16-7-8-17(26)13-25-10-9-16/h1-6,11-12,16-17,25H,7-10,13H2. The maximum atomic E-state index is 13.1. The number of hydrogen-bond acceptors (Lipinski definition) is 3. The summed E-state index contributed by atoms with van der Waals surface area (Å²) in [6.45, 7) is 1.70. The summed E-state index contributed by atoms with van der Waals surface area (Å²) in [5.41, 5.74) is -0.283. The van der Waals surface area contributed by atoms with Crippen LogP contribution in [0, 0.1) is 0 Å². The Morgan fingerprint density at radius 1 is 1.00 bits per heavy atom. The molecule has 2 atom stereocenters. The zero-order chi connectivity index (χ0) is 19.7. The van der Waals surface area contributed by atoms with Crippen LogP contribution in [0.15, 0.2) is 48.5 Å². The van der Waals surface area contributed by atoms with E-state index in [4.69, 9.17) is 4.74 Å². The molecule has 0 aliphatic carbocycles. The number of hydrogen-bond donors (Lipinski definition) is 1. The molecule has 4 nitrogen and oxygen atoms in total. The van der Waals surface area contributed by atoms with Crippen molar-refractivity contribution < 1.29 is 22.7 Å². The Bertz CT molecular complexity index is 855. The highest BCUT2D eigenvalue weighted by atomic mass is 19.4. The molecule has 1 N–H and O–H groups in total. The van der Waals surface area contributed by atoms with Crippen LogP contribution in [-0.2, 0) is 6.18 Å². The van der Waals surface area contributed by atoms with Crippen LogP contribution >= 0.6 is 0 Å². The first-order valence-electron chi connectivity index (χ1n) is 9.40. The van der Waals surface area contributed by atoms with Crippen molar-refractivity contribution in [3.63, 3.8) is 0 Å². The molecular formula is C21H21F3N2O2. The van der Waals surface area contributed by atoms with Crippen molar-refractivity contribution in [3.05, 3.63) is 59.7 Å². The fraction of sp³-hybridized carbons (Fsp3) is 0.381. The van der Waals surface area contributed by atoms with Crippen molar-refractivity contribution in [2.75, 3.05) is 13.1 Å². The molecule has 2 heterocycles. The zero-order valence-corrected chi connectivity index (χ0v) is 15.2. The Hall–Kier alpha value is -2.54. The first kappa shape index (κ1) is 18.8. The average molecular weight is 390 g/mol. The van der Waals surface area contributed by atoms with E-state index in [2.05, 4.69) is 5.32 Å².